The van der Waals surface area contributed by atoms with Crippen LogP contribution in [0.1, 0.15) is 95.1 Å². The molecule has 0 saturated heterocycles. The number of benzene rings is 2. The van der Waals surface area contributed by atoms with E-state index in [1.807, 2.05) is 54.0 Å². The van der Waals surface area contributed by atoms with Crippen molar-refractivity contribution in [1.29, 1.82) is 0 Å². The number of hydrogen-bond donors (Lipinski definition) is 1. The highest BCUT2D eigenvalue weighted by molar-refractivity contribution is 7.07. The number of nitrogens with zero attached hydrogens (tertiary/aromatic N) is 1. The van der Waals surface area contributed by atoms with Gasteiger partial charge in [0.25, 0.3) is 0 Å². The smallest absolute Gasteiger partial charge is 0.228 e. The molecule has 3 rings (SSSR count). The van der Waals surface area contributed by atoms with Gasteiger partial charge in [-0.3, -0.25) is 4.79 Å². The highest BCUT2D eigenvalue weighted by Crippen LogP contribution is 2.24. The summed E-state index contributed by atoms with van der Waals surface area (Å²) >= 11 is 8.15. The van der Waals surface area contributed by atoms with Gasteiger partial charge < -0.3 is 27.0 Å². The van der Waals surface area contributed by atoms with Gasteiger partial charge in [-0.1, -0.05) is 125 Å². The number of halogens is 2. The summed E-state index contributed by atoms with van der Waals surface area (Å²) in [6, 6.07) is 13.5. The van der Waals surface area contributed by atoms with Crippen LogP contribution in [-0.4, -0.2) is 12.5 Å². The van der Waals surface area contributed by atoms with Crippen molar-refractivity contribution >= 4 is 34.5 Å². The molecule has 2 aromatic carbocycles. The number of carbonyl (C=O) groups is 1. The van der Waals surface area contributed by atoms with Crippen LogP contribution in [-0.2, 0) is 17.8 Å². The SMILES string of the molecule is CCCCCCCCCCCCCCOc1ccc(CC(=O)Nc2ccccc2C[n+]2ccsc2)c(Cl)c1.[Br-]. The van der Waals surface area contributed by atoms with Gasteiger partial charge >= 0.3 is 0 Å². The number of hydrogen-bond acceptors (Lipinski definition) is 3. The van der Waals surface area contributed by atoms with Gasteiger partial charge in [0.15, 0.2) is 12.7 Å². The van der Waals surface area contributed by atoms with Gasteiger partial charge in [0, 0.05) is 10.6 Å². The Morgan fingerprint density at radius 2 is 1.56 bits per heavy atom. The van der Waals surface area contributed by atoms with Crippen molar-refractivity contribution in [2.75, 3.05) is 11.9 Å². The summed E-state index contributed by atoms with van der Waals surface area (Å²) in [4.78, 5) is 12.8. The van der Waals surface area contributed by atoms with Crippen LogP contribution in [0.3, 0.4) is 0 Å². The molecule has 0 spiro atoms. The predicted molar refractivity (Wildman–Crippen MR) is 160 cm³/mol. The van der Waals surface area contributed by atoms with E-state index in [9.17, 15) is 4.79 Å². The molecule has 0 saturated carbocycles. The number of nitrogens with one attached hydrogen (secondary N) is 1. The first-order valence-electron chi connectivity index (χ1n) is 14.4. The summed E-state index contributed by atoms with van der Waals surface area (Å²) in [5, 5.41) is 5.66. The third kappa shape index (κ3) is 13.3. The highest BCUT2D eigenvalue weighted by Gasteiger charge is 2.13. The van der Waals surface area contributed by atoms with Crippen molar-refractivity contribution in [3.63, 3.8) is 0 Å². The molecule has 3 aromatic rings. The molecule has 0 atom stereocenters. The van der Waals surface area contributed by atoms with E-state index in [2.05, 4.69) is 22.3 Å². The van der Waals surface area contributed by atoms with Gasteiger partial charge in [0.2, 0.25) is 11.4 Å². The van der Waals surface area contributed by atoms with Crippen molar-refractivity contribution in [2.24, 2.45) is 0 Å². The second kappa shape index (κ2) is 20.1. The fraction of sp³-hybridized carbons (Fsp3) is 0.500. The van der Waals surface area contributed by atoms with Gasteiger partial charge in [-0.15, -0.1) is 0 Å². The molecule has 0 aliphatic rings. The molecule has 1 heterocycles. The number of aromatic nitrogens is 1. The van der Waals surface area contributed by atoms with E-state index in [0.717, 1.165) is 29.0 Å². The van der Waals surface area contributed by atoms with Gasteiger partial charge in [-0.25, -0.2) is 0 Å². The van der Waals surface area contributed by atoms with Crippen molar-refractivity contribution in [2.45, 2.75) is 96.9 Å². The summed E-state index contributed by atoms with van der Waals surface area (Å²) in [7, 11) is 0. The summed E-state index contributed by atoms with van der Waals surface area (Å²) in [5.74, 6) is 0.681. The summed E-state index contributed by atoms with van der Waals surface area (Å²) in [5.41, 5.74) is 4.75. The first-order valence-corrected chi connectivity index (χ1v) is 15.7. The normalized spacial score (nSPS) is 10.7. The largest absolute Gasteiger partial charge is 1.00 e. The van der Waals surface area contributed by atoms with Crippen molar-refractivity contribution in [3.8, 4) is 5.75 Å². The average Bonchev–Trinajstić information content (AvgIpc) is 3.43. The Morgan fingerprint density at radius 1 is 0.897 bits per heavy atom. The quantitative estimate of drug-likeness (QED) is 0.130. The molecule has 1 aromatic heterocycles. The Morgan fingerprint density at radius 3 is 2.21 bits per heavy atom. The molecule has 0 aliphatic heterocycles. The van der Waals surface area contributed by atoms with Gasteiger partial charge in [0.05, 0.1) is 24.1 Å². The van der Waals surface area contributed by atoms with Gasteiger partial charge in [-0.05, 0) is 30.2 Å². The molecule has 0 fully saturated rings. The van der Waals surface area contributed by atoms with Crippen LogP contribution in [0.4, 0.5) is 5.69 Å². The Kier molecular flexibility index (Phi) is 17.1. The summed E-state index contributed by atoms with van der Waals surface area (Å²) in [6.45, 7) is 3.69. The second-order valence-corrected chi connectivity index (χ2v) is 11.2. The van der Waals surface area contributed by atoms with Crippen LogP contribution in [0.15, 0.2) is 59.6 Å². The fourth-order valence-corrected chi connectivity index (χ4v) is 5.43. The minimum absolute atomic E-state index is 0. The molecule has 1 amide bonds. The van der Waals surface area contributed by atoms with Gasteiger partial charge in [0.1, 0.15) is 5.75 Å². The van der Waals surface area contributed by atoms with Crippen LogP contribution >= 0.6 is 22.9 Å². The topological polar surface area (TPSA) is 42.2 Å². The number of amides is 1. The Balaban J connectivity index is 0.00000533. The van der Waals surface area contributed by atoms with Crippen molar-refractivity contribution < 1.29 is 31.1 Å². The standard InChI is InChI=1S/C32H43ClN2O2S.BrH/c1-2-3-4-5-6-7-8-9-10-11-12-15-21-37-29-19-18-27(30(33)24-29)23-32(36)34-31-17-14-13-16-28(31)25-35-20-22-38-26-35;/h13-14,16-20,22,24,26H,2-12,15,21,23,25H2,1H3;1H. The number of rotatable bonds is 19. The predicted octanol–water partition coefficient (Wildman–Crippen LogP) is 6.00. The lowest BCUT2D eigenvalue weighted by Crippen LogP contribution is -3.00. The van der Waals surface area contributed by atoms with Crippen molar-refractivity contribution in [3.05, 3.63) is 75.7 Å². The Hall–Kier alpha value is -1.89. The van der Waals surface area contributed by atoms with Crippen molar-refractivity contribution in [1.82, 2.24) is 0 Å². The monoisotopic (exact) mass is 634 g/mol. The Bertz CT molecular complexity index is 1080. The van der Waals surface area contributed by atoms with Crippen LogP contribution < -0.4 is 31.6 Å². The maximum atomic E-state index is 12.8. The summed E-state index contributed by atoms with van der Waals surface area (Å²) in [6.07, 6.45) is 18.2. The molecule has 1 N–H and O–H groups in total. The lowest BCUT2D eigenvalue weighted by Gasteiger charge is -2.11. The number of para-hydroxylation sites is 1. The maximum absolute atomic E-state index is 12.8. The van der Waals surface area contributed by atoms with Crippen LogP contribution in [0.5, 0.6) is 5.75 Å². The molecular formula is C32H44BrClN2O2S. The fourth-order valence-electron chi connectivity index (χ4n) is 4.59. The average molecular weight is 636 g/mol. The number of thiazole rings is 1. The first kappa shape index (κ1) is 33.3. The molecule has 39 heavy (non-hydrogen) atoms. The maximum Gasteiger partial charge on any atom is 0.228 e. The molecule has 4 nitrogen and oxygen atoms in total. The van der Waals surface area contributed by atoms with Crippen LogP contribution in [0, 0.1) is 0 Å². The molecule has 0 unspecified atom stereocenters. The van der Waals surface area contributed by atoms with E-state index in [0.29, 0.717) is 18.2 Å². The molecular weight excluding hydrogens is 592 g/mol. The van der Waals surface area contributed by atoms with Gasteiger partial charge in [-0.2, -0.15) is 4.57 Å². The molecule has 0 bridgehead atoms. The first-order chi connectivity index (χ1) is 18.7. The lowest BCUT2D eigenvalue weighted by molar-refractivity contribution is -0.683. The number of ether oxygens (including phenoxy) is 1. The number of unbranched alkanes of at least 4 members (excludes halogenated alkanes) is 11. The van der Waals surface area contributed by atoms with Crippen LogP contribution in [0.2, 0.25) is 5.02 Å². The molecule has 0 aliphatic carbocycles. The molecule has 7 heteroatoms. The van der Waals surface area contributed by atoms with E-state index in [4.69, 9.17) is 16.3 Å². The number of carbonyl (C=O) groups excluding carboxylic acids is 1. The summed E-state index contributed by atoms with van der Waals surface area (Å²) < 4.78 is 8.01. The van der Waals surface area contributed by atoms with E-state index >= 15 is 0 Å². The third-order valence-electron chi connectivity index (χ3n) is 6.81. The van der Waals surface area contributed by atoms with E-state index in [1.165, 1.54) is 70.6 Å². The zero-order valence-electron chi connectivity index (χ0n) is 23.3. The molecule has 214 valence electrons. The van der Waals surface area contributed by atoms with E-state index in [-0.39, 0.29) is 29.3 Å². The molecule has 0 radical (unpaired) electrons. The lowest BCUT2D eigenvalue weighted by atomic mass is 10.1. The highest BCUT2D eigenvalue weighted by atomic mass is 79.9. The number of anilines is 1. The zero-order chi connectivity index (χ0) is 26.8. The van der Waals surface area contributed by atoms with E-state index in [1.54, 1.807) is 11.3 Å². The minimum atomic E-state index is -0.0835. The zero-order valence-corrected chi connectivity index (χ0v) is 26.5. The van der Waals surface area contributed by atoms with E-state index < -0.39 is 0 Å². The second-order valence-electron chi connectivity index (χ2n) is 10.1. The Labute approximate surface area is 254 Å². The minimum Gasteiger partial charge on any atom is -1.00 e. The van der Waals surface area contributed by atoms with Crippen LogP contribution in [0.25, 0.3) is 0 Å². The third-order valence-corrected chi connectivity index (χ3v) is 7.84.